The predicted molar refractivity (Wildman–Crippen MR) is 113 cm³/mol. The molecule has 1 amide bonds. The van der Waals surface area contributed by atoms with Gasteiger partial charge in [0.25, 0.3) is 0 Å². The van der Waals surface area contributed by atoms with Crippen molar-refractivity contribution in [3.05, 3.63) is 59.8 Å². The van der Waals surface area contributed by atoms with Crippen molar-refractivity contribution in [2.24, 2.45) is 0 Å². The maximum Gasteiger partial charge on any atom is 0.222 e. The second kappa shape index (κ2) is 8.19. The van der Waals surface area contributed by atoms with Gasteiger partial charge >= 0.3 is 0 Å². The Morgan fingerprint density at radius 1 is 1.14 bits per heavy atom. The Morgan fingerprint density at radius 2 is 1.86 bits per heavy atom. The van der Waals surface area contributed by atoms with Crippen LogP contribution in [0.3, 0.4) is 0 Å². The summed E-state index contributed by atoms with van der Waals surface area (Å²) in [4.78, 5) is 18.2. The molecule has 1 saturated heterocycles. The normalized spacial score (nSPS) is 15.0. The summed E-state index contributed by atoms with van der Waals surface area (Å²) < 4.78 is 6.12. The average molecular weight is 395 g/mol. The molecule has 0 saturated carbocycles. The maximum absolute atomic E-state index is 11.8. The molecule has 0 atom stereocenters. The molecule has 0 unspecified atom stereocenters. The number of hydrogen-bond acceptors (Lipinski definition) is 3. The quantitative estimate of drug-likeness (QED) is 0.561. The van der Waals surface area contributed by atoms with Gasteiger partial charge in [0, 0.05) is 43.3 Å². The molecule has 1 aliphatic rings. The van der Waals surface area contributed by atoms with Crippen LogP contribution in [0.15, 0.2) is 54.6 Å². The Hall–Kier alpha value is -2.59. The Morgan fingerprint density at radius 3 is 2.57 bits per heavy atom. The summed E-state index contributed by atoms with van der Waals surface area (Å²) >= 11 is 6.41. The topological polar surface area (TPSA) is 42.4 Å². The summed E-state index contributed by atoms with van der Waals surface area (Å²) in [7, 11) is 0. The lowest BCUT2D eigenvalue weighted by molar-refractivity contribution is -0.132. The molecule has 0 spiro atoms. The number of aromatic nitrogens is 1. The molecule has 5 heteroatoms. The molecular formula is C23H23ClN2O2. The predicted octanol–water partition coefficient (Wildman–Crippen LogP) is 5.34. The van der Waals surface area contributed by atoms with E-state index in [9.17, 15) is 4.79 Å². The molecule has 2 aromatic carbocycles. The minimum absolute atomic E-state index is 0.151. The van der Waals surface area contributed by atoms with E-state index in [0.717, 1.165) is 53.7 Å². The molecule has 0 radical (unpaired) electrons. The lowest BCUT2D eigenvalue weighted by Gasteiger charge is -2.32. The van der Waals surface area contributed by atoms with Crippen molar-refractivity contribution in [3.8, 4) is 16.9 Å². The van der Waals surface area contributed by atoms with Crippen LogP contribution in [0.25, 0.3) is 22.0 Å². The smallest absolute Gasteiger partial charge is 0.222 e. The summed E-state index contributed by atoms with van der Waals surface area (Å²) in [5.74, 6) is 1.07. The molecule has 144 valence electrons. The van der Waals surface area contributed by atoms with Crippen molar-refractivity contribution in [1.29, 1.82) is 0 Å². The zero-order valence-corrected chi connectivity index (χ0v) is 16.7. The number of hydrogen-bond donors (Lipinski definition) is 0. The van der Waals surface area contributed by atoms with E-state index in [1.807, 2.05) is 60.4 Å². The van der Waals surface area contributed by atoms with Crippen LogP contribution in [-0.2, 0) is 4.79 Å². The second-order valence-electron chi connectivity index (χ2n) is 7.10. The number of pyridine rings is 1. The number of piperidine rings is 1. The Kier molecular flexibility index (Phi) is 5.49. The van der Waals surface area contributed by atoms with Gasteiger partial charge in [-0.05, 0) is 29.8 Å². The molecule has 3 aromatic rings. The van der Waals surface area contributed by atoms with Crippen molar-refractivity contribution < 1.29 is 9.53 Å². The van der Waals surface area contributed by atoms with E-state index in [2.05, 4.69) is 11.1 Å². The molecule has 2 heterocycles. The molecule has 28 heavy (non-hydrogen) atoms. The number of ether oxygens (including phenoxy) is 1. The average Bonchev–Trinajstić information content (AvgIpc) is 2.74. The minimum atomic E-state index is 0.151. The van der Waals surface area contributed by atoms with Crippen molar-refractivity contribution in [1.82, 2.24) is 9.88 Å². The Labute approximate surface area is 170 Å². The van der Waals surface area contributed by atoms with Crippen LogP contribution in [0.5, 0.6) is 5.75 Å². The first-order valence-electron chi connectivity index (χ1n) is 9.74. The molecule has 0 N–H and O–H groups in total. The standard InChI is InChI=1S/C23H23ClN2O2/c1-2-22(27)26-13-11-19(12-14-26)28-18-9-7-16(8-10-18)20-15-17-5-3-4-6-21(17)25-23(20)24/h3-10,15,19H,2,11-14H2,1H3. The van der Waals surface area contributed by atoms with Crippen LogP contribution >= 0.6 is 11.6 Å². The van der Waals surface area contributed by atoms with Gasteiger partial charge in [0.1, 0.15) is 17.0 Å². The van der Waals surface area contributed by atoms with E-state index in [4.69, 9.17) is 16.3 Å². The van der Waals surface area contributed by atoms with Gasteiger partial charge in [-0.15, -0.1) is 0 Å². The fourth-order valence-electron chi connectivity index (χ4n) is 3.65. The van der Waals surface area contributed by atoms with E-state index >= 15 is 0 Å². The molecular weight excluding hydrogens is 372 g/mol. The van der Waals surface area contributed by atoms with Gasteiger partial charge in [0.2, 0.25) is 5.91 Å². The summed E-state index contributed by atoms with van der Waals surface area (Å²) in [6.07, 6.45) is 2.46. The van der Waals surface area contributed by atoms with Crippen LogP contribution < -0.4 is 4.74 Å². The monoisotopic (exact) mass is 394 g/mol. The number of fused-ring (bicyclic) bond motifs is 1. The SMILES string of the molecule is CCC(=O)N1CCC(Oc2ccc(-c3cc4ccccc4nc3Cl)cc2)CC1. The second-order valence-corrected chi connectivity index (χ2v) is 7.45. The van der Waals surface area contributed by atoms with Crippen molar-refractivity contribution in [2.75, 3.05) is 13.1 Å². The number of carbonyl (C=O) groups is 1. The zero-order valence-electron chi connectivity index (χ0n) is 15.9. The van der Waals surface area contributed by atoms with E-state index in [0.29, 0.717) is 11.6 Å². The highest BCUT2D eigenvalue weighted by molar-refractivity contribution is 6.32. The highest BCUT2D eigenvalue weighted by Crippen LogP contribution is 2.31. The molecule has 1 aromatic heterocycles. The number of carbonyl (C=O) groups excluding carboxylic acids is 1. The van der Waals surface area contributed by atoms with Crippen LogP contribution in [0.1, 0.15) is 26.2 Å². The number of rotatable bonds is 4. The number of para-hydroxylation sites is 1. The van der Waals surface area contributed by atoms with Gasteiger partial charge in [-0.25, -0.2) is 4.98 Å². The fourth-order valence-corrected chi connectivity index (χ4v) is 3.90. The van der Waals surface area contributed by atoms with Gasteiger partial charge in [-0.3, -0.25) is 4.79 Å². The molecule has 4 nitrogen and oxygen atoms in total. The van der Waals surface area contributed by atoms with E-state index in [-0.39, 0.29) is 12.0 Å². The van der Waals surface area contributed by atoms with E-state index in [1.54, 1.807) is 0 Å². The Bertz CT molecular complexity index is 980. The number of nitrogens with zero attached hydrogens (tertiary/aromatic N) is 2. The molecule has 1 fully saturated rings. The van der Waals surface area contributed by atoms with Crippen molar-refractivity contribution in [2.45, 2.75) is 32.3 Å². The Balaban J connectivity index is 1.45. The first-order valence-corrected chi connectivity index (χ1v) is 10.1. The fraction of sp³-hybridized carbons (Fsp3) is 0.304. The first kappa shape index (κ1) is 18.8. The third kappa shape index (κ3) is 3.97. The van der Waals surface area contributed by atoms with Crippen LogP contribution in [0.4, 0.5) is 0 Å². The van der Waals surface area contributed by atoms with Gasteiger partial charge in [0.05, 0.1) is 5.52 Å². The molecule has 0 bridgehead atoms. The number of halogens is 1. The van der Waals surface area contributed by atoms with Crippen molar-refractivity contribution in [3.63, 3.8) is 0 Å². The van der Waals surface area contributed by atoms with E-state index < -0.39 is 0 Å². The van der Waals surface area contributed by atoms with E-state index in [1.165, 1.54) is 0 Å². The number of likely N-dealkylation sites (tertiary alicyclic amines) is 1. The van der Waals surface area contributed by atoms with Crippen molar-refractivity contribution >= 4 is 28.4 Å². The van der Waals surface area contributed by atoms with Crippen LogP contribution in [-0.4, -0.2) is 35.0 Å². The number of amides is 1. The lowest BCUT2D eigenvalue weighted by Crippen LogP contribution is -2.41. The number of benzene rings is 2. The molecule has 4 rings (SSSR count). The zero-order chi connectivity index (χ0) is 19.5. The van der Waals surface area contributed by atoms with Gasteiger partial charge < -0.3 is 9.64 Å². The largest absolute Gasteiger partial charge is 0.490 e. The molecule has 0 aliphatic carbocycles. The first-order chi connectivity index (χ1) is 13.6. The summed E-state index contributed by atoms with van der Waals surface area (Å²) in [5, 5.41) is 1.57. The van der Waals surface area contributed by atoms with Gasteiger partial charge in [0.15, 0.2) is 0 Å². The third-order valence-corrected chi connectivity index (χ3v) is 5.53. The highest BCUT2D eigenvalue weighted by atomic mass is 35.5. The summed E-state index contributed by atoms with van der Waals surface area (Å²) in [5.41, 5.74) is 2.82. The summed E-state index contributed by atoms with van der Waals surface area (Å²) in [6.45, 7) is 3.45. The van der Waals surface area contributed by atoms with Crippen LogP contribution in [0, 0.1) is 0 Å². The van der Waals surface area contributed by atoms with Gasteiger partial charge in [-0.1, -0.05) is 48.9 Å². The van der Waals surface area contributed by atoms with Crippen LogP contribution in [0.2, 0.25) is 5.15 Å². The maximum atomic E-state index is 11.8. The minimum Gasteiger partial charge on any atom is -0.490 e. The summed E-state index contributed by atoms with van der Waals surface area (Å²) in [6, 6.07) is 18.0. The highest BCUT2D eigenvalue weighted by Gasteiger charge is 2.23. The van der Waals surface area contributed by atoms with Gasteiger partial charge in [-0.2, -0.15) is 0 Å². The molecule has 1 aliphatic heterocycles. The lowest BCUT2D eigenvalue weighted by atomic mass is 10.0. The third-order valence-electron chi connectivity index (χ3n) is 5.24.